The smallest absolute Gasteiger partial charge is 0.258 e. The lowest BCUT2D eigenvalue weighted by Gasteiger charge is -2.02. The highest BCUT2D eigenvalue weighted by molar-refractivity contribution is 5.37. The van der Waals surface area contributed by atoms with Crippen LogP contribution >= 0.6 is 0 Å². The van der Waals surface area contributed by atoms with E-state index in [1.54, 1.807) is 0 Å². The summed E-state index contributed by atoms with van der Waals surface area (Å²) in [4.78, 5) is 12.3. The van der Waals surface area contributed by atoms with E-state index in [-0.39, 0.29) is 5.69 Å². The van der Waals surface area contributed by atoms with Gasteiger partial charge in [-0.1, -0.05) is 0 Å². The molecule has 0 N–H and O–H groups in total. The summed E-state index contributed by atoms with van der Waals surface area (Å²) in [6, 6.07) is 0.448. The molecule has 0 fully saturated rings. The number of halogens is 3. The van der Waals surface area contributed by atoms with Gasteiger partial charge in [0.15, 0.2) is 11.5 Å². The summed E-state index contributed by atoms with van der Waals surface area (Å²) in [7, 11) is 0. The maximum Gasteiger partial charge on any atom is 0.299 e. The van der Waals surface area contributed by atoms with E-state index in [4.69, 9.17) is 0 Å². The molecule has 0 saturated heterocycles. The van der Waals surface area contributed by atoms with E-state index in [0.717, 1.165) is 6.92 Å². The van der Waals surface area contributed by atoms with Crippen LogP contribution in [0.15, 0.2) is 6.07 Å². The van der Waals surface area contributed by atoms with Crippen LogP contribution in [0, 0.1) is 22.9 Å². The molecule has 1 aromatic heterocycles. The first-order chi connectivity index (χ1) is 6.43. The van der Waals surface area contributed by atoms with Gasteiger partial charge in [-0.05, 0) is 6.92 Å². The Morgan fingerprint density at radius 1 is 1.57 bits per heavy atom. The molecule has 1 rings (SSSR count). The predicted molar refractivity (Wildman–Crippen MR) is 40.5 cm³/mol. The monoisotopic (exact) mass is 206 g/mol. The van der Waals surface area contributed by atoms with E-state index in [0.29, 0.717) is 6.07 Å². The number of rotatable bonds is 2. The Balaban J connectivity index is 3.39. The maximum atomic E-state index is 12.8. The lowest BCUT2D eigenvalue weighted by molar-refractivity contribution is -0.386. The van der Waals surface area contributed by atoms with Gasteiger partial charge in [-0.15, -0.1) is 0 Å². The molecule has 4 nitrogen and oxygen atoms in total. The Morgan fingerprint density at radius 3 is 2.57 bits per heavy atom. The van der Waals surface area contributed by atoms with Crippen LogP contribution < -0.4 is 0 Å². The molecule has 0 saturated carbocycles. The SMILES string of the molecule is Cc1nc(C(F)F)c([N+](=O)[O-])cc1F. The molecule has 0 aliphatic heterocycles. The molecule has 0 unspecified atom stereocenters. The Labute approximate surface area is 76.5 Å². The number of hydrogen-bond acceptors (Lipinski definition) is 3. The van der Waals surface area contributed by atoms with Gasteiger partial charge in [-0.25, -0.2) is 18.2 Å². The van der Waals surface area contributed by atoms with E-state index >= 15 is 0 Å². The summed E-state index contributed by atoms with van der Waals surface area (Å²) < 4.78 is 37.2. The van der Waals surface area contributed by atoms with Gasteiger partial charge in [-0.3, -0.25) is 10.1 Å². The lowest BCUT2D eigenvalue weighted by Crippen LogP contribution is -2.02. The lowest BCUT2D eigenvalue weighted by atomic mass is 10.2. The second kappa shape index (κ2) is 3.60. The first kappa shape index (κ1) is 10.4. The van der Waals surface area contributed by atoms with E-state index in [1.807, 2.05) is 0 Å². The fourth-order valence-corrected chi connectivity index (χ4v) is 0.897. The van der Waals surface area contributed by atoms with Gasteiger partial charge in [0.25, 0.3) is 12.1 Å². The summed E-state index contributed by atoms with van der Waals surface area (Å²) in [5, 5.41) is 10.3. The normalized spacial score (nSPS) is 10.6. The second-order valence-electron chi connectivity index (χ2n) is 2.52. The molecule has 0 radical (unpaired) electrons. The van der Waals surface area contributed by atoms with Crippen molar-refractivity contribution in [2.24, 2.45) is 0 Å². The van der Waals surface area contributed by atoms with E-state index in [9.17, 15) is 23.3 Å². The third-order valence-electron chi connectivity index (χ3n) is 1.56. The van der Waals surface area contributed by atoms with Gasteiger partial charge in [0.2, 0.25) is 0 Å². The minimum Gasteiger partial charge on any atom is -0.258 e. The first-order valence-corrected chi connectivity index (χ1v) is 3.53. The first-order valence-electron chi connectivity index (χ1n) is 3.53. The van der Waals surface area contributed by atoms with Crippen LogP contribution in [0.3, 0.4) is 0 Å². The molecule has 0 bridgehead atoms. The van der Waals surface area contributed by atoms with Gasteiger partial charge in [0.1, 0.15) is 0 Å². The van der Waals surface area contributed by atoms with E-state index in [1.165, 1.54) is 0 Å². The molecule has 0 aliphatic carbocycles. The number of nitro groups is 1. The topological polar surface area (TPSA) is 56.0 Å². The Hall–Kier alpha value is -1.66. The Morgan fingerprint density at radius 2 is 2.14 bits per heavy atom. The predicted octanol–water partition coefficient (Wildman–Crippen LogP) is 2.37. The summed E-state index contributed by atoms with van der Waals surface area (Å²) in [6.45, 7) is 1.16. The molecular formula is C7H5F3N2O2. The highest BCUT2D eigenvalue weighted by atomic mass is 19.3. The molecule has 0 atom stereocenters. The summed E-state index contributed by atoms with van der Waals surface area (Å²) in [5.41, 5.74) is -2.29. The van der Waals surface area contributed by atoms with Crippen LogP contribution in [-0.4, -0.2) is 9.91 Å². The molecule has 0 aromatic carbocycles. The van der Waals surface area contributed by atoms with Crippen LogP contribution in [0.4, 0.5) is 18.9 Å². The molecule has 0 amide bonds. The number of aromatic nitrogens is 1. The largest absolute Gasteiger partial charge is 0.299 e. The average Bonchev–Trinajstić information content (AvgIpc) is 2.08. The van der Waals surface area contributed by atoms with E-state index in [2.05, 4.69) is 4.98 Å². The van der Waals surface area contributed by atoms with Crippen molar-refractivity contribution in [3.8, 4) is 0 Å². The number of nitrogens with zero attached hydrogens (tertiary/aromatic N) is 2. The third kappa shape index (κ3) is 1.81. The van der Waals surface area contributed by atoms with Crippen molar-refractivity contribution in [2.75, 3.05) is 0 Å². The van der Waals surface area contributed by atoms with Crippen LogP contribution in [0.2, 0.25) is 0 Å². The zero-order chi connectivity index (χ0) is 10.9. The Bertz CT molecular complexity index is 381. The number of alkyl halides is 2. The highest BCUT2D eigenvalue weighted by Crippen LogP contribution is 2.28. The summed E-state index contributed by atoms with van der Waals surface area (Å²) >= 11 is 0. The van der Waals surface area contributed by atoms with Crippen molar-refractivity contribution in [3.05, 3.63) is 33.4 Å². The summed E-state index contributed by atoms with van der Waals surface area (Å²) in [6.07, 6.45) is -3.09. The van der Waals surface area contributed by atoms with Gasteiger partial charge in [0.05, 0.1) is 16.7 Å². The Kier molecular flexibility index (Phi) is 2.68. The highest BCUT2D eigenvalue weighted by Gasteiger charge is 2.25. The van der Waals surface area contributed by atoms with Crippen molar-refractivity contribution >= 4 is 5.69 Å². The average molecular weight is 206 g/mol. The molecule has 0 spiro atoms. The van der Waals surface area contributed by atoms with Crippen LogP contribution in [0.1, 0.15) is 17.8 Å². The van der Waals surface area contributed by atoms with Gasteiger partial charge < -0.3 is 0 Å². The molecule has 1 heterocycles. The number of aryl methyl sites for hydroxylation is 1. The van der Waals surface area contributed by atoms with Crippen molar-refractivity contribution < 1.29 is 18.1 Å². The summed E-state index contributed by atoms with van der Waals surface area (Å²) in [5.74, 6) is -0.971. The molecule has 14 heavy (non-hydrogen) atoms. The van der Waals surface area contributed by atoms with Crippen molar-refractivity contribution in [1.82, 2.24) is 4.98 Å². The second-order valence-corrected chi connectivity index (χ2v) is 2.52. The minimum absolute atomic E-state index is 0.286. The third-order valence-corrected chi connectivity index (χ3v) is 1.56. The zero-order valence-electron chi connectivity index (χ0n) is 7.00. The molecule has 1 aromatic rings. The molecule has 0 aliphatic rings. The van der Waals surface area contributed by atoms with Gasteiger partial charge in [-0.2, -0.15) is 0 Å². The molecule has 76 valence electrons. The standard InChI is InChI=1S/C7H5F3N2O2/c1-3-4(8)2-5(12(13)14)6(11-3)7(9)10/h2,7H,1H3. The number of hydrogen-bond donors (Lipinski definition) is 0. The van der Waals surface area contributed by atoms with E-state index < -0.39 is 28.5 Å². The van der Waals surface area contributed by atoms with Gasteiger partial charge in [0, 0.05) is 0 Å². The zero-order valence-corrected chi connectivity index (χ0v) is 7.00. The fraction of sp³-hybridized carbons (Fsp3) is 0.286. The maximum absolute atomic E-state index is 12.8. The van der Waals surface area contributed by atoms with Gasteiger partial charge >= 0.3 is 0 Å². The van der Waals surface area contributed by atoms with Crippen molar-refractivity contribution in [3.63, 3.8) is 0 Å². The fourth-order valence-electron chi connectivity index (χ4n) is 0.897. The molecular weight excluding hydrogens is 201 g/mol. The van der Waals surface area contributed by atoms with Crippen LogP contribution in [0.25, 0.3) is 0 Å². The van der Waals surface area contributed by atoms with Crippen LogP contribution in [-0.2, 0) is 0 Å². The quantitative estimate of drug-likeness (QED) is 0.551. The van der Waals surface area contributed by atoms with Crippen molar-refractivity contribution in [1.29, 1.82) is 0 Å². The molecule has 7 heteroatoms. The number of pyridine rings is 1. The van der Waals surface area contributed by atoms with Crippen molar-refractivity contribution in [2.45, 2.75) is 13.3 Å². The van der Waals surface area contributed by atoms with Crippen LogP contribution in [0.5, 0.6) is 0 Å². The minimum atomic E-state index is -3.09.